The predicted octanol–water partition coefficient (Wildman–Crippen LogP) is 2.56. The van der Waals surface area contributed by atoms with Gasteiger partial charge in [-0.15, -0.1) is 0 Å². The summed E-state index contributed by atoms with van der Waals surface area (Å²) in [6, 6.07) is 6.19. The fraction of sp³-hybridized carbons (Fsp3) is 0.467. The number of ether oxygens (including phenoxy) is 2. The van der Waals surface area contributed by atoms with E-state index in [0.717, 1.165) is 31.0 Å². The lowest BCUT2D eigenvalue weighted by atomic mass is 10.1. The number of hydrogen-bond donors (Lipinski definition) is 1. The van der Waals surface area contributed by atoms with Crippen molar-refractivity contribution in [1.29, 1.82) is 0 Å². The molecule has 1 aliphatic rings. The first-order valence-corrected chi connectivity index (χ1v) is 6.48. The largest absolute Gasteiger partial charge is 0.486 e. The summed E-state index contributed by atoms with van der Waals surface area (Å²) in [7, 11) is 0. The number of nitrogens with one attached hydrogen (secondary N) is 1. The molecule has 0 spiro atoms. The van der Waals surface area contributed by atoms with Crippen molar-refractivity contribution in [1.82, 2.24) is 5.32 Å². The summed E-state index contributed by atoms with van der Waals surface area (Å²) in [5, 5.41) is 3.40. The van der Waals surface area contributed by atoms with Gasteiger partial charge in [-0.05, 0) is 44.5 Å². The Kier molecular flexibility index (Phi) is 4.65. The number of fused-ring (bicyclic) bond motifs is 1. The lowest BCUT2D eigenvalue weighted by Crippen LogP contribution is -2.18. The molecular formula is C15H21NO2. The first-order chi connectivity index (χ1) is 8.75. The van der Waals surface area contributed by atoms with E-state index in [1.165, 1.54) is 11.1 Å². The Hall–Kier alpha value is -1.48. The SMILES string of the molecule is CC(C)=CCNCCc1ccc2c(c1)OCCO2. The summed E-state index contributed by atoms with van der Waals surface area (Å²) in [4.78, 5) is 0. The van der Waals surface area contributed by atoms with Crippen LogP contribution in [-0.2, 0) is 6.42 Å². The van der Waals surface area contributed by atoms with Crippen LogP contribution in [0.3, 0.4) is 0 Å². The molecule has 1 aliphatic heterocycles. The average Bonchev–Trinajstić information content (AvgIpc) is 2.38. The normalized spacial score (nSPS) is 13.2. The van der Waals surface area contributed by atoms with E-state index in [1.807, 2.05) is 6.07 Å². The molecule has 0 bridgehead atoms. The molecule has 0 radical (unpaired) electrons. The van der Waals surface area contributed by atoms with Crippen molar-refractivity contribution in [3.05, 3.63) is 35.4 Å². The molecule has 3 heteroatoms. The Morgan fingerprint density at radius 2 is 2.00 bits per heavy atom. The van der Waals surface area contributed by atoms with Gasteiger partial charge in [0, 0.05) is 6.54 Å². The molecule has 0 aliphatic carbocycles. The molecule has 2 rings (SSSR count). The maximum atomic E-state index is 5.57. The highest BCUT2D eigenvalue weighted by atomic mass is 16.6. The molecule has 1 heterocycles. The zero-order chi connectivity index (χ0) is 12.8. The number of allylic oxidation sites excluding steroid dienone is 1. The van der Waals surface area contributed by atoms with Crippen molar-refractivity contribution in [3.63, 3.8) is 0 Å². The summed E-state index contributed by atoms with van der Waals surface area (Å²) < 4.78 is 11.1. The van der Waals surface area contributed by atoms with Gasteiger partial charge in [0.15, 0.2) is 11.5 Å². The average molecular weight is 247 g/mol. The molecule has 0 saturated carbocycles. The highest BCUT2D eigenvalue weighted by molar-refractivity contribution is 5.43. The van der Waals surface area contributed by atoms with Crippen molar-refractivity contribution < 1.29 is 9.47 Å². The van der Waals surface area contributed by atoms with Crippen LogP contribution in [0.25, 0.3) is 0 Å². The molecule has 0 atom stereocenters. The van der Waals surface area contributed by atoms with Crippen molar-refractivity contribution in [2.75, 3.05) is 26.3 Å². The Balaban J connectivity index is 1.81. The highest BCUT2D eigenvalue weighted by Crippen LogP contribution is 2.30. The Morgan fingerprint density at radius 3 is 2.78 bits per heavy atom. The zero-order valence-electron chi connectivity index (χ0n) is 11.2. The number of hydrogen-bond acceptors (Lipinski definition) is 3. The van der Waals surface area contributed by atoms with Gasteiger partial charge in [-0.1, -0.05) is 17.7 Å². The van der Waals surface area contributed by atoms with E-state index < -0.39 is 0 Å². The van der Waals surface area contributed by atoms with Gasteiger partial charge in [-0.3, -0.25) is 0 Å². The third kappa shape index (κ3) is 3.77. The van der Waals surface area contributed by atoms with E-state index in [4.69, 9.17) is 9.47 Å². The first-order valence-electron chi connectivity index (χ1n) is 6.48. The van der Waals surface area contributed by atoms with Crippen LogP contribution in [-0.4, -0.2) is 26.3 Å². The molecule has 0 saturated heterocycles. The van der Waals surface area contributed by atoms with Gasteiger partial charge in [-0.25, -0.2) is 0 Å². The fourth-order valence-electron chi connectivity index (χ4n) is 1.85. The molecule has 1 N–H and O–H groups in total. The smallest absolute Gasteiger partial charge is 0.161 e. The molecule has 1 aromatic carbocycles. The lowest BCUT2D eigenvalue weighted by Gasteiger charge is -2.18. The standard InChI is InChI=1S/C15H21NO2/c1-12(2)5-7-16-8-6-13-3-4-14-15(11-13)18-10-9-17-14/h3-5,11,16H,6-10H2,1-2H3. The quantitative estimate of drug-likeness (QED) is 0.641. The lowest BCUT2D eigenvalue weighted by molar-refractivity contribution is 0.171. The third-order valence-corrected chi connectivity index (χ3v) is 2.85. The second kappa shape index (κ2) is 6.45. The summed E-state index contributed by atoms with van der Waals surface area (Å²) in [6.45, 7) is 7.44. The second-order valence-corrected chi connectivity index (χ2v) is 4.71. The molecule has 1 aromatic rings. The van der Waals surface area contributed by atoms with E-state index in [-0.39, 0.29) is 0 Å². The number of rotatable bonds is 5. The molecule has 98 valence electrons. The molecule has 3 nitrogen and oxygen atoms in total. The monoisotopic (exact) mass is 247 g/mol. The zero-order valence-corrected chi connectivity index (χ0v) is 11.2. The van der Waals surface area contributed by atoms with Gasteiger partial charge in [0.1, 0.15) is 13.2 Å². The van der Waals surface area contributed by atoms with Crippen LogP contribution in [0.2, 0.25) is 0 Å². The van der Waals surface area contributed by atoms with Gasteiger partial charge >= 0.3 is 0 Å². The van der Waals surface area contributed by atoms with Crippen LogP contribution in [0.4, 0.5) is 0 Å². The topological polar surface area (TPSA) is 30.5 Å². The maximum absolute atomic E-state index is 5.57. The summed E-state index contributed by atoms with van der Waals surface area (Å²) in [5.41, 5.74) is 2.63. The van der Waals surface area contributed by atoms with Gasteiger partial charge in [-0.2, -0.15) is 0 Å². The summed E-state index contributed by atoms with van der Waals surface area (Å²) in [5.74, 6) is 1.74. The third-order valence-electron chi connectivity index (χ3n) is 2.85. The van der Waals surface area contributed by atoms with Crippen molar-refractivity contribution >= 4 is 0 Å². The van der Waals surface area contributed by atoms with Crippen LogP contribution in [0, 0.1) is 0 Å². The molecule has 0 amide bonds. The Morgan fingerprint density at radius 1 is 1.22 bits per heavy atom. The summed E-state index contributed by atoms with van der Waals surface area (Å²) in [6.07, 6.45) is 3.21. The minimum absolute atomic E-state index is 0.648. The van der Waals surface area contributed by atoms with Crippen LogP contribution >= 0.6 is 0 Å². The Bertz CT molecular complexity index is 423. The van der Waals surface area contributed by atoms with Gasteiger partial charge in [0.2, 0.25) is 0 Å². The van der Waals surface area contributed by atoms with Crippen LogP contribution < -0.4 is 14.8 Å². The minimum Gasteiger partial charge on any atom is -0.486 e. The van der Waals surface area contributed by atoms with E-state index in [9.17, 15) is 0 Å². The van der Waals surface area contributed by atoms with Gasteiger partial charge < -0.3 is 14.8 Å². The van der Waals surface area contributed by atoms with E-state index in [0.29, 0.717) is 13.2 Å². The number of benzene rings is 1. The maximum Gasteiger partial charge on any atom is 0.161 e. The summed E-state index contributed by atoms with van der Waals surface area (Å²) >= 11 is 0. The first kappa shape index (κ1) is 13.0. The van der Waals surface area contributed by atoms with Crippen molar-refractivity contribution in [2.45, 2.75) is 20.3 Å². The van der Waals surface area contributed by atoms with Gasteiger partial charge in [0.05, 0.1) is 0 Å². The molecule has 0 fully saturated rings. The molecular weight excluding hydrogens is 226 g/mol. The van der Waals surface area contributed by atoms with E-state index in [1.54, 1.807) is 0 Å². The minimum atomic E-state index is 0.648. The fourth-order valence-corrected chi connectivity index (χ4v) is 1.85. The van der Waals surface area contributed by atoms with Crippen LogP contribution in [0.5, 0.6) is 11.5 Å². The van der Waals surface area contributed by atoms with Crippen molar-refractivity contribution in [3.8, 4) is 11.5 Å². The Labute approximate surface area is 109 Å². The van der Waals surface area contributed by atoms with Crippen molar-refractivity contribution in [2.24, 2.45) is 0 Å². The van der Waals surface area contributed by atoms with E-state index >= 15 is 0 Å². The van der Waals surface area contributed by atoms with Crippen LogP contribution in [0.1, 0.15) is 19.4 Å². The van der Waals surface area contributed by atoms with Gasteiger partial charge in [0.25, 0.3) is 0 Å². The van der Waals surface area contributed by atoms with Crippen LogP contribution in [0.15, 0.2) is 29.8 Å². The second-order valence-electron chi connectivity index (χ2n) is 4.71. The molecule has 18 heavy (non-hydrogen) atoms. The molecule has 0 unspecified atom stereocenters. The van der Waals surface area contributed by atoms with E-state index in [2.05, 4.69) is 37.4 Å². The predicted molar refractivity (Wildman–Crippen MR) is 73.4 cm³/mol. The molecule has 0 aromatic heterocycles. The highest BCUT2D eigenvalue weighted by Gasteiger charge is 2.11.